The van der Waals surface area contributed by atoms with Crippen LogP contribution in [0.25, 0.3) is 0 Å². The molecule has 88 valence electrons. The van der Waals surface area contributed by atoms with Crippen molar-refractivity contribution in [3.05, 3.63) is 26.2 Å². The topological polar surface area (TPSA) is 124 Å². The number of nitrogens with two attached hydrogens (primary N) is 1. The van der Waals surface area contributed by atoms with Crippen molar-refractivity contribution in [1.29, 1.82) is 0 Å². The zero-order valence-electron chi connectivity index (χ0n) is 7.35. The normalized spacial score (nSPS) is 11.4. The van der Waals surface area contributed by atoms with E-state index in [1.807, 2.05) is 0 Å². The van der Waals surface area contributed by atoms with Crippen LogP contribution in [-0.2, 0) is 10.1 Å². The zero-order valence-corrected chi connectivity index (χ0v) is 9.67. The Kier molecular flexibility index (Phi) is 3.29. The molecule has 0 saturated carbocycles. The molecule has 1 aromatic rings. The number of nitro groups is 1. The fraction of sp³-hybridized carbons (Fsp3) is 0. The summed E-state index contributed by atoms with van der Waals surface area (Å²) in [4.78, 5) is 8.60. The zero-order chi connectivity index (χ0) is 12.7. The molecule has 1 aromatic carbocycles. The van der Waals surface area contributed by atoms with Gasteiger partial charge in [-0.3, -0.25) is 14.7 Å². The van der Waals surface area contributed by atoms with Gasteiger partial charge in [-0.1, -0.05) is 23.2 Å². The van der Waals surface area contributed by atoms with Gasteiger partial charge in [-0.25, -0.2) is 0 Å². The van der Waals surface area contributed by atoms with Crippen LogP contribution in [0, 0.1) is 10.1 Å². The van der Waals surface area contributed by atoms with Crippen molar-refractivity contribution in [1.82, 2.24) is 0 Å². The van der Waals surface area contributed by atoms with Gasteiger partial charge in [0.1, 0.15) is 9.92 Å². The summed E-state index contributed by atoms with van der Waals surface area (Å²) in [5.74, 6) is 0. The Labute approximate surface area is 99.7 Å². The lowest BCUT2D eigenvalue weighted by Gasteiger charge is -2.06. The summed E-state index contributed by atoms with van der Waals surface area (Å²) in [5.41, 5.74) is 3.96. The van der Waals surface area contributed by atoms with Gasteiger partial charge in [0, 0.05) is 6.07 Å². The minimum atomic E-state index is -4.79. The molecule has 0 unspecified atom stereocenters. The standard InChI is InChI=1S/C6H4Cl2N2O5S/c7-2-1-3(10(11)12)4(8)6(5(2)9)16(13,14)15/h1H,9H2,(H,13,14,15). The molecule has 0 aliphatic rings. The lowest BCUT2D eigenvalue weighted by molar-refractivity contribution is -0.384. The molecular weight excluding hydrogens is 283 g/mol. The van der Waals surface area contributed by atoms with E-state index in [1.54, 1.807) is 0 Å². The Morgan fingerprint density at radius 2 is 1.94 bits per heavy atom. The van der Waals surface area contributed by atoms with Crippen LogP contribution >= 0.6 is 23.2 Å². The maximum absolute atomic E-state index is 10.9. The van der Waals surface area contributed by atoms with Gasteiger partial charge in [0.05, 0.1) is 15.6 Å². The van der Waals surface area contributed by atoms with Crippen LogP contribution in [0.2, 0.25) is 10.0 Å². The third-order valence-corrected chi connectivity index (χ3v) is 3.39. The minimum Gasteiger partial charge on any atom is -0.396 e. The van der Waals surface area contributed by atoms with Gasteiger partial charge in [0.15, 0.2) is 0 Å². The quantitative estimate of drug-likeness (QED) is 0.369. The molecule has 0 saturated heterocycles. The Morgan fingerprint density at radius 1 is 1.44 bits per heavy atom. The summed E-state index contributed by atoms with van der Waals surface area (Å²) in [7, 11) is -4.79. The predicted octanol–water partition coefficient (Wildman–Crippen LogP) is 1.73. The van der Waals surface area contributed by atoms with Crippen molar-refractivity contribution >= 4 is 44.7 Å². The molecule has 0 aromatic heterocycles. The number of nitrogen functional groups attached to an aromatic ring is 1. The van der Waals surface area contributed by atoms with Crippen molar-refractivity contribution in [3.63, 3.8) is 0 Å². The first-order valence-corrected chi connectivity index (χ1v) is 5.75. The van der Waals surface area contributed by atoms with Crippen molar-refractivity contribution in [2.24, 2.45) is 0 Å². The molecule has 0 amide bonds. The van der Waals surface area contributed by atoms with Crippen LogP contribution in [0.4, 0.5) is 11.4 Å². The second kappa shape index (κ2) is 4.06. The van der Waals surface area contributed by atoms with Crippen molar-refractivity contribution in [3.8, 4) is 0 Å². The Balaban J connectivity index is 3.80. The Hall–Kier alpha value is -1.09. The lowest BCUT2D eigenvalue weighted by Crippen LogP contribution is -2.06. The summed E-state index contributed by atoms with van der Waals surface area (Å²) in [5, 5.41) is 9.34. The number of nitrogens with zero attached hydrogens (tertiary/aromatic N) is 1. The molecular formula is C6H4Cl2N2O5S. The highest BCUT2D eigenvalue weighted by atomic mass is 35.5. The minimum absolute atomic E-state index is 0.385. The van der Waals surface area contributed by atoms with Crippen LogP contribution in [0.5, 0.6) is 0 Å². The first-order chi connectivity index (χ1) is 7.16. The second-order valence-corrected chi connectivity index (χ2v) is 4.81. The smallest absolute Gasteiger partial charge is 0.298 e. The van der Waals surface area contributed by atoms with Gasteiger partial charge in [0.2, 0.25) is 0 Å². The highest BCUT2D eigenvalue weighted by Gasteiger charge is 2.28. The molecule has 10 heteroatoms. The van der Waals surface area contributed by atoms with Gasteiger partial charge in [0.25, 0.3) is 15.8 Å². The molecule has 0 fully saturated rings. The van der Waals surface area contributed by atoms with Crippen LogP contribution < -0.4 is 5.73 Å². The van der Waals surface area contributed by atoms with Gasteiger partial charge in [-0.15, -0.1) is 0 Å². The first kappa shape index (κ1) is 13.0. The average molecular weight is 287 g/mol. The fourth-order valence-electron chi connectivity index (χ4n) is 0.989. The van der Waals surface area contributed by atoms with Gasteiger partial charge >= 0.3 is 0 Å². The summed E-state index contributed by atoms with van der Waals surface area (Å²) >= 11 is 10.9. The van der Waals surface area contributed by atoms with Gasteiger partial charge < -0.3 is 5.73 Å². The molecule has 0 heterocycles. The van der Waals surface area contributed by atoms with Crippen molar-refractivity contribution in [2.75, 3.05) is 5.73 Å². The Bertz CT molecular complexity index is 571. The molecule has 3 N–H and O–H groups in total. The van der Waals surface area contributed by atoms with Gasteiger partial charge in [-0.05, 0) is 0 Å². The van der Waals surface area contributed by atoms with Crippen LogP contribution in [0.15, 0.2) is 11.0 Å². The Morgan fingerprint density at radius 3 is 2.31 bits per heavy atom. The SMILES string of the molecule is Nc1c(Cl)cc([N+](=O)[O-])c(Cl)c1S(=O)(=O)O. The molecule has 16 heavy (non-hydrogen) atoms. The monoisotopic (exact) mass is 286 g/mol. The number of benzene rings is 1. The fourth-order valence-corrected chi connectivity index (χ4v) is 2.48. The van der Waals surface area contributed by atoms with E-state index < -0.39 is 36.3 Å². The van der Waals surface area contributed by atoms with Crippen LogP contribution in [-0.4, -0.2) is 17.9 Å². The molecule has 0 radical (unpaired) electrons. The average Bonchev–Trinajstić information content (AvgIpc) is 2.08. The van der Waals surface area contributed by atoms with Crippen molar-refractivity contribution in [2.45, 2.75) is 4.90 Å². The van der Waals surface area contributed by atoms with Crippen molar-refractivity contribution < 1.29 is 17.9 Å². The van der Waals surface area contributed by atoms with Crippen LogP contribution in [0.3, 0.4) is 0 Å². The highest BCUT2D eigenvalue weighted by molar-refractivity contribution is 7.86. The maximum atomic E-state index is 10.9. The lowest BCUT2D eigenvalue weighted by atomic mass is 10.3. The third-order valence-electron chi connectivity index (χ3n) is 1.64. The molecule has 0 bridgehead atoms. The van der Waals surface area contributed by atoms with E-state index in [0.717, 1.165) is 6.07 Å². The number of rotatable bonds is 2. The van der Waals surface area contributed by atoms with E-state index in [0.29, 0.717) is 0 Å². The third kappa shape index (κ3) is 2.19. The number of hydrogen-bond donors (Lipinski definition) is 2. The molecule has 1 rings (SSSR count). The highest BCUT2D eigenvalue weighted by Crippen LogP contribution is 2.39. The van der Waals surface area contributed by atoms with Crippen LogP contribution in [0.1, 0.15) is 0 Å². The van der Waals surface area contributed by atoms with Gasteiger partial charge in [-0.2, -0.15) is 8.42 Å². The maximum Gasteiger partial charge on any atom is 0.298 e. The second-order valence-electron chi connectivity index (χ2n) is 2.67. The summed E-state index contributed by atoms with van der Waals surface area (Å²) in [6, 6.07) is 0.800. The summed E-state index contributed by atoms with van der Waals surface area (Å²) in [6.45, 7) is 0. The molecule has 0 aliphatic carbocycles. The van der Waals surface area contributed by atoms with E-state index >= 15 is 0 Å². The van der Waals surface area contributed by atoms with E-state index in [2.05, 4.69) is 0 Å². The van der Waals surface area contributed by atoms with E-state index in [1.165, 1.54) is 0 Å². The summed E-state index contributed by atoms with van der Waals surface area (Å²) in [6.07, 6.45) is 0. The molecule has 0 aliphatic heterocycles. The molecule has 0 atom stereocenters. The molecule has 0 spiro atoms. The number of nitro benzene ring substituents is 1. The number of anilines is 1. The van der Waals surface area contributed by atoms with E-state index in [-0.39, 0.29) is 5.02 Å². The number of halogens is 2. The first-order valence-electron chi connectivity index (χ1n) is 3.55. The van der Waals surface area contributed by atoms with E-state index in [4.69, 9.17) is 33.5 Å². The summed E-state index contributed by atoms with van der Waals surface area (Å²) < 4.78 is 30.6. The number of hydrogen-bond acceptors (Lipinski definition) is 5. The van der Waals surface area contributed by atoms with E-state index in [9.17, 15) is 18.5 Å². The predicted molar refractivity (Wildman–Crippen MR) is 57.3 cm³/mol. The molecule has 7 nitrogen and oxygen atoms in total. The largest absolute Gasteiger partial charge is 0.396 e.